The molecule has 0 aliphatic carbocycles. The minimum Gasteiger partial charge on any atom is -0.481 e. The highest BCUT2D eigenvalue weighted by Gasteiger charge is 2.13. The molecule has 0 amide bonds. The van der Waals surface area contributed by atoms with E-state index in [0.717, 1.165) is 0 Å². The molecule has 5 nitrogen and oxygen atoms in total. The first kappa shape index (κ1) is 8.73. The lowest BCUT2D eigenvalue weighted by molar-refractivity contribution is -0.137. The monoisotopic (exact) mass is 170 g/mol. The van der Waals surface area contributed by atoms with Crippen LogP contribution in [0, 0.1) is 6.92 Å². The molecule has 1 unspecified atom stereocenters. The third-order valence-electron chi connectivity index (χ3n) is 1.42. The molecular weight excluding hydrogens is 160 g/mol. The Balaban J connectivity index is 2.64. The number of aliphatic carboxylic acids is 1. The highest BCUT2D eigenvalue weighted by atomic mass is 16.5. The van der Waals surface area contributed by atoms with Crippen molar-refractivity contribution in [3.05, 3.63) is 17.5 Å². The van der Waals surface area contributed by atoms with Crippen molar-refractivity contribution in [1.29, 1.82) is 0 Å². The molecule has 1 aromatic heterocycles. The lowest BCUT2D eigenvalue weighted by Crippen LogP contribution is -2.15. The zero-order chi connectivity index (χ0) is 9.14. The molecule has 3 N–H and O–H groups in total. The van der Waals surface area contributed by atoms with Crippen molar-refractivity contribution in [2.75, 3.05) is 0 Å². The van der Waals surface area contributed by atoms with Gasteiger partial charge in [-0.25, -0.2) is 0 Å². The first-order valence-corrected chi connectivity index (χ1v) is 3.50. The molecule has 66 valence electrons. The summed E-state index contributed by atoms with van der Waals surface area (Å²) >= 11 is 0. The zero-order valence-corrected chi connectivity index (χ0v) is 6.65. The Kier molecular flexibility index (Phi) is 2.44. The van der Waals surface area contributed by atoms with Gasteiger partial charge in [-0.2, -0.15) is 0 Å². The first-order valence-electron chi connectivity index (χ1n) is 3.50. The number of nitrogens with zero attached hydrogens (tertiary/aromatic N) is 1. The maximum absolute atomic E-state index is 10.3. The van der Waals surface area contributed by atoms with Crippen molar-refractivity contribution in [3.8, 4) is 0 Å². The summed E-state index contributed by atoms with van der Waals surface area (Å²) in [5.41, 5.74) is 5.99. The van der Waals surface area contributed by atoms with Gasteiger partial charge in [0.05, 0.1) is 12.5 Å². The summed E-state index contributed by atoms with van der Waals surface area (Å²) in [6, 6.07) is 1.05. The van der Waals surface area contributed by atoms with Crippen molar-refractivity contribution in [2.24, 2.45) is 5.73 Å². The first-order chi connectivity index (χ1) is 5.59. The number of aromatic nitrogens is 1. The van der Waals surface area contributed by atoms with Crippen LogP contribution in [0.15, 0.2) is 10.6 Å². The second kappa shape index (κ2) is 3.36. The normalized spacial score (nSPS) is 12.8. The van der Waals surface area contributed by atoms with Crippen LogP contribution < -0.4 is 5.73 Å². The van der Waals surface area contributed by atoms with Gasteiger partial charge in [-0.05, 0) is 6.92 Å². The molecule has 1 rings (SSSR count). The zero-order valence-electron chi connectivity index (χ0n) is 6.65. The molecule has 0 aliphatic heterocycles. The number of aryl methyl sites for hydroxylation is 1. The molecule has 0 radical (unpaired) electrons. The van der Waals surface area contributed by atoms with Gasteiger partial charge < -0.3 is 15.4 Å². The van der Waals surface area contributed by atoms with Gasteiger partial charge in [0.15, 0.2) is 0 Å². The average Bonchev–Trinajstić information content (AvgIpc) is 2.34. The molecule has 5 heteroatoms. The summed E-state index contributed by atoms with van der Waals surface area (Å²) in [7, 11) is 0. The lowest BCUT2D eigenvalue weighted by Gasteiger charge is -2.01. The van der Waals surface area contributed by atoms with Gasteiger partial charge in [0.25, 0.3) is 0 Å². The van der Waals surface area contributed by atoms with E-state index in [1.54, 1.807) is 13.0 Å². The predicted octanol–water partition coefficient (Wildman–Crippen LogP) is 0.458. The van der Waals surface area contributed by atoms with Crippen molar-refractivity contribution in [2.45, 2.75) is 19.4 Å². The highest BCUT2D eigenvalue weighted by Crippen LogP contribution is 2.12. The van der Waals surface area contributed by atoms with Crippen molar-refractivity contribution >= 4 is 5.97 Å². The Morgan fingerprint density at radius 1 is 1.92 bits per heavy atom. The molecular formula is C7H10N2O3. The quantitative estimate of drug-likeness (QED) is 0.687. The van der Waals surface area contributed by atoms with Crippen LogP contribution in [-0.2, 0) is 4.79 Å². The third kappa shape index (κ3) is 2.06. The average molecular weight is 170 g/mol. The number of carbonyl (C=O) groups is 1. The van der Waals surface area contributed by atoms with Crippen LogP contribution in [0.25, 0.3) is 0 Å². The van der Waals surface area contributed by atoms with Crippen LogP contribution in [0.2, 0.25) is 0 Å². The number of hydrogen-bond acceptors (Lipinski definition) is 4. The molecule has 0 spiro atoms. The Morgan fingerprint density at radius 2 is 2.58 bits per heavy atom. The molecule has 1 atom stereocenters. The molecule has 0 aromatic carbocycles. The number of carboxylic acids is 1. The van der Waals surface area contributed by atoms with Gasteiger partial charge in [0, 0.05) is 6.07 Å². The Bertz CT molecular complexity index is 282. The van der Waals surface area contributed by atoms with Gasteiger partial charge in [-0.15, -0.1) is 0 Å². The van der Waals surface area contributed by atoms with Crippen LogP contribution in [0.5, 0.6) is 0 Å². The SMILES string of the molecule is Cc1cc(C(N)CC(=O)O)no1. The molecule has 0 fully saturated rings. The second-order valence-corrected chi connectivity index (χ2v) is 2.57. The van der Waals surface area contributed by atoms with E-state index in [4.69, 9.17) is 15.4 Å². The Hall–Kier alpha value is -1.36. The van der Waals surface area contributed by atoms with E-state index in [0.29, 0.717) is 11.5 Å². The van der Waals surface area contributed by atoms with E-state index in [2.05, 4.69) is 5.16 Å². The molecule has 0 saturated carbocycles. The number of hydrogen-bond donors (Lipinski definition) is 2. The fraction of sp³-hybridized carbons (Fsp3) is 0.429. The topological polar surface area (TPSA) is 89.4 Å². The van der Waals surface area contributed by atoms with Crippen LogP contribution in [0.1, 0.15) is 23.9 Å². The maximum atomic E-state index is 10.3. The molecule has 1 heterocycles. The summed E-state index contributed by atoms with van der Waals surface area (Å²) in [6.45, 7) is 1.73. The summed E-state index contributed by atoms with van der Waals surface area (Å²) in [5, 5.41) is 12.0. The van der Waals surface area contributed by atoms with Gasteiger partial charge in [-0.1, -0.05) is 5.16 Å². The van der Waals surface area contributed by atoms with Crippen molar-refractivity contribution < 1.29 is 14.4 Å². The van der Waals surface area contributed by atoms with Crippen molar-refractivity contribution in [1.82, 2.24) is 5.16 Å². The molecule has 0 bridgehead atoms. The summed E-state index contributed by atoms with van der Waals surface area (Å²) in [6.07, 6.45) is -0.133. The van der Waals surface area contributed by atoms with Gasteiger partial charge >= 0.3 is 5.97 Å². The van der Waals surface area contributed by atoms with Crippen LogP contribution in [-0.4, -0.2) is 16.2 Å². The minimum absolute atomic E-state index is 0.133. The Labute approximate surface area is 69.2 Å². The molecule has 12 heavy (non-hydrogen) atoms. The van der Waals surface area contributed by atoms with E-state index in [1.165, 1.54) is 0 Å². The molecule has 0 saturated heterocycles. The largest absolute Gasteiger partial charge is 0.481 e. The summed E-state index contributed by atoms with van der Waals surface area (Å²) < 4.78 is 4.74. The van der Waals surface area contributed by atoms with Crippen molar-refractivity contribution in [3.63, 3.8) is 0 Å². The Morgan fingerprint density at radius 3 is 3.00 bits per heavy atom. The highest BCUT2D eigenvalue weighted by molar-refractivity contribution is 5.67. The lowest BCUT2D eigenvalue weighted by atomic mass is 10.1. The predicted molar refractivity (Wildman–Crippen MR) is 40.4 cm³/mol. The number of rotatable bonds is 3. The smallest absolute Gasteiger partial charge is 0.305 e. The summed E-state index contributed by atoms with van der Waals surface area (Å²) in [5.74, 6) is -0.311. The van der Waals surface area contributed by atoms with Gasteiger partial charge in [-0.3, -0.25) is 4.79 Å². The van der Waals surface area contributed by atoms with Gasteiger partial charge in [0.2, 0.25) is 0 Å². The number of nitrogens with two attached hydrogens (primary N) is 1. The summed E-state index contributed by atoms with van der Waals surface area (Å²) in [4.78, 5) is 10.3. The second-order valence-electron chi connectivity index (χ2n) is 2.57. The van der Waals surface area contributed by atoms with E-state index in [9.17, 15) is 4.79 Å². The van der Waals surface area contributed by atoms with Gasteiger partial charge in [0.1, 0.15) is 11.5 Å². The van der Waals surface area contributed by atoms with Crippen LogP contribution >= 0.6 is 0 Å². The van der Waals surface area contributed by atoms with Crippen LogP contribution in [0.4, 0.5) is 0 Å². The molecule has 0 aliphatic rings. The van der Waals surface area contributed by atoms with Crippen LogP contribution in [0.3, 0.4) is 0 Å². The number of carboxylic acid groups (broad SMARTS) is 1. The third-order valence-corrected chi connectivity index (χ3v) is 1.42. The van der Waals surface area contributed by atoms with E-state index in [1.807, 2.05) is 0 Å². The maximum Gasteiger partial charge on any atom is 0.305 e. The molecule has 1 aromatic rings. The standard InChI is InChI=1S/C7H10N2O3/c1-4-2-6(9-12-4)5(8)3-7(10)11/h2,5H,3,8H2,1H3,(H,10,11). The fourth-order valence-electron chi connectivity index (χ4n) is 0.853. The van der Waals surface area contributed by atoms with E-state index >= 15 is 0 Å². The fourth-order valence-corrected chi connectivity index (χ4v) is 0.853. The van der Waals surface area contributed by atoms with E-state index < -0.39 is 12.0 Å². The minimum atomic E-state index is -0.942. The van der Waals surface area contributed by atoms with E-state index in [-0.39, 0.29) is 6.42 Å².